The number of benzene rings is 2. The van der Waals surface area contributed by atoms with Gasteiger partial charge in [0.1, 0.15) is 17.6 Å². The van der Waals surface area contributed by atoms with Crippen molar-refractivity contribution in [1.82, 2.24) is 4.98 Å². The molecule has 2 atom stereocenters. The van der Waals surface area contributed by atoms with Crippen LogP contribution in [-0.2, 0) is 6.42 Å². The summed E-state index contributed by atoms with van der Waals surface area (Å²) in [4.78, 5) is 4.10. The summed E-state index contributed by atoms with van der Waals surface area (Å²) >= 11 is 0. The number of aromatic nitrogens is 1. The van der Waals surface area contributed by atoms with Crippen LogP contribution in [0.4, 0.5) is 0 Å². The Kier molecular flexibility index (Phi) is 6.66. The van der Waals surface area contributed by atoms with Crippen LogP contribution in [0.1, 0.15) is 24.5 Å². The molecule has 4 nitrogen and oxygen atoms in total. The molecule has 1 heterocycles. The summed E-state index contributed by atoms with van der Waals surface area (Å²) in [6.07, 6.45) is 4.16. The van der Waals surface area contributed by atoms with Crippen molar-refractivity contribution in [2.45, 2.75) is 38.9 Å². The van der Waals surface area contributed by atoms with E-state index in [1.165, 1.54) is 5.56 Å². The molecule has 2 unspecified atom stereocenters. The third-order valence-electron chi connectivity index (χ3n) is 4.93. The number of aliphatic hydroxyl groups excluding tert-OH is 1. The zero-order chi connectivity index (χ0) is 19.9. The molecule has 3 aromatic rings. The molecule has 1 aromatic heterocycles. The first-order chi connectivity index (χ1) is 13.6. The van der Waals surface area contributed by atoms with Crippen LogP contribution in [0, 0.1) is 6.92 Å². The quantitative estimate of drug-likeness (QED) is 0.611. The van der Waals surface area contributed by atoms with E-state index in [4.69, 9.17) is 9.47 Å². The number of pyridine rings is 1. The summed E-state index contributed by atoms with van der Waals surface area (Å²) in [7, 11) is 1.67. The lowest BCUT2D eigenvalue weighted by Crippen LogP contribution is -2.29. The van der Waals surface area contributed by atoms with Gasteiger partial charge >= 0.3 is 0 Å². The van der Waals surface area contributed by atoms with Gasteiger partial charge in [0.15, 0.2) is 0 Å². The van der Waals surface area contributed by atoms with Crippen molar-refractivity contribution < 1.29 is 14.6 Å². The highest BCUT2D eigenvalue weighted by molar-refractivity contribution is 5.69. The van der Waals surface area contributed by atoms with Crippen molar-refractivity contribution >= 4 is 0 Å². The molecular formula is C24H27NO3. The summed E-state index contributed by atoms with van der Waals surface area (Å²) in [5.74, 6) is 1.59. The van der Waals surface area contributed by atoms with Gasteiger partial charge in [-0.2, -0.15) is 0 Å². The summed E-state index contributed by atoms with van der Waals surface area (Å²) in [5.41, 5.74) is 4.55. The molecule has 0 fully saturated rings. The number of rotatable bonds is 8. The zero-order valence-electron chi connectivity index (χ0n) is 16.6. The van der Waals surface area contributed by atoms with Crippen molar-refractivity contribution in [2.24, 2.45) is 0 Å². The maximum absolute atomic E-state index is 10.4. The minimum atomic E-state index is -0.541. The van der Waals surface area contributed by atoms with E-state index in [0.717, 1.165) is 34.6 Å². The number of hydrogen-bond acceptors (Lipinski definition) is 4. The number of nitrogens with zero attached hydrogens (tertiary/aromatic N) is 1. The molecular weight excluding hydrogens is 350 g/mol. The average Bonchev–Trinajstić information content (AvgIpc) is 2.73. The van der Waals surface area contributed by atoms with Crippen molar-refractivity contribution in [1.29, 1.82) is 0 Å². The first kappa shape index (κ1) is 19.9. The number of aryl methyl sites for hydroxylation is 2. The van der Waals surface area contributed by atoms with Gasteiger partial charge in [0.05, 0.1) is 13.2 Å². The Bertz CT molecular complexity index is 878. The number of aliphatic hydroxyl groups is 1. The van der Waals surface area contributed by atoms with Crippen molar-refractivity contribution in [2.75, 3.05) is 7.11 Å². The third kappa shape index (κ3) is 5.11. The van der Waals surface area contributed by atoms with Crippen LogP contribution in [0.25, 0.3) is 11.1 Å². The third-order valence-corrected chi connectivity index (χ3v) is 4.93. The molecule has 1 N–H and O–H groups in total. The Labute approximate surface area is 166 Å². The van der Waals surface area contributed by atoms with E-state index in [-0.39, 0.29) is 6.10 Å². The van der Waals surface area contributed by atoms with Gasteiger partial charge in [0, 0.05) is 12.4 Å². The molecule has 2 aromatic carbocycles. The SMILES string of the molecule is COc1ccc(C)c(-c2ccc(OC(C)C(O)CCc3cccnc3)cc2)c1. The predicted octanol–water partition coefficient (Wildman–Crippen LogP) is 4.83. The molecule has 0 amide bonds. The summed E-state index contributed by atoms with van der Waals surface area (Å²) in [6.45, 7) is 3.98. The minimum Gasteiger partial charge on any atom is -0.497 e. The highest BCUT2D eigenvalue weighted by atomic mass is 16.5. The van der Waals surface area contributed by atoms with Crippen molar-refractivity contribution in [3.05, 3.63) is 78.1 Å². The molecule has 0 radical (unpaired) electrons. The monoisotopic (exact) mass is 377 g/mol. The Hall–Kier alpha value is -2.85. The highest BCUT2D eigenvalue weighted by Crippen LogP contribution is 2.29. The predicted molar refractivity (Wildman–Crippen MR) is 112 cm³/mol. The lowest BCUT2D eigenvalue weighted by molar-refractivity contribution is 0.0420. The molecule has 3 rings (SSSR count). The Morgan fingerprint density at radius 1 is 1.04 bits per heavy atom. The largest absolute Gasteiger partial charge is 0.497 e. The van der Waals surface area contributed by atoms with Crippen molar-refractivity contribution in [3.8, 4) is 22.6 Å². The van der Waals surface area contributed by atoms with Gasteiger partial charge in [-0.1, -0.05) is 24.3 Å². The normalized spacial score (nSPS) is 13.0. The van der Waals surface area contributed by atoms with Crippen LogP contribution < -0.4 is 9.47 Å². The average molecular weight is 377 g/mol. The van der Waals surface area contributed by atoms with E-state index >= 15 is 0 Å². The van der Waals surface area contributed by atoms with E-state index in [2.05, 4.69) is 18.0 Å². The molecule has 0 aliphatic rings. The molecule has 146 valence electrons. The van der Waals surface area contributed by atoms with Gasteiger partial charge in [0.25, 0.3) is 0 Å². The second-order valence-corrected chi connectivity index (χ2v) is 7.00. The maximum atomic E-state index is 10.4. The highest BCUT2D eigenvalue weighted by Gasteiger charge is 2.16. The van der Waals surface area contributed by atoms with Crippen LogP contribution in [-0.4, -0.2) is 29.4 Å². The van der Waals surface area contributed by atoms with Crippen LogP contribution in [0.2, 0.25) is 0 Å². The number of hydrogen-bond donors (Lipinski definition) is 1. The van der Waals surface area contributed by atoms with Gasteiger partial charge in [-0.15, -0.1) is 0 Å². The van der Waals surface area contributed by atoms with E-state index in [0.29, 0.717) is 6.42 Å². The lowest BCUT2D eigenvalue weighted by atomic mass is 10.00. The molecule has 0 aliphatic carbocycles. The number of ether oxygens (including phenoxy) is 2. The first-order valence-electron chi connectivity index (χ1n) is 9.55. The fourth-order valence-electron chi connectivity index (χ4n) is 3.14. The van der Waals surface area contributed by atoms with E-state index in [1.807, 2.05) is 61.7 Å². The molecule has 0 saturated heterocycles. The van der Waals surface area contributed by atoms with Gasteiger partial charge in [-0.3, -0.25) is 4.98 Å². The van der Waals surface area contributed by atoms with Gasteiger partial charge in [0.2, 0.25) is 0 Å². The Balaban J connectivity index is 1.60. The van der Waals surface area contributed by atoms with Crippen LogP contribution in [0.3, 0.4) is 0 Å². The van der Waals surface area contributed by atoms with Crippen molar-refractivity contribution in [3.63, 3.8) is 0 Å². The van der Waals surface area contributed by atoms with Gasteiger partial charge in [-0.25, -0.2) is 0 Å². The Morgan fingerprint density at radius 2 is 1.79 bits per heavy atom. The van der Waals surface area contributed by atoms with Crippen LogP contribution in [0.15, 0.2) is 67.0 Å². The molecule has 28 heavy (non-hydrogen) atoms. The Morgan fingerprint density at radius 3 is 2.46 bits per heavy atom. The fourth-order valence-corrected chi connectivity index (χ4v) is 3.14. The van der Waals surface area contributed by atoms with E-state index in [1.54, 1.807) is 13.3 Å². The summed E-state index contributed by atoms with van der Waals surface area (Å²) < 4.78 is 11.3. The zero-order valence-corrected chi connectivity index (χ0v) is 16.6. The molecule has 4 heteroatoms. The smallest absolute Gasteiger partial charge is 0.122 e. The standard InChI is InChI=1S/C24H27NO3/c1-17-6-10-22(27-3)15-23(17)20-8-11-21(12-9-20)28-18(2)24(26)13-7-19-5-4-14-25-16-19/h4-6,8-12,14-16,18,24,26H,7,13H2,1-3H3. The van der Waals surface area contributed by atoms with E-state index in [9.17, 15) is 5.11 Å². The van der Waals surface area contributed by atoms with Gasteiger partial charge < -0.3 is 14.6 Å². The van der Waals surface area contributed by atoms with Crippen LogP contribution in [0.5, 0.6) is 11.5 Å². The second kappa shape index (κ2) is 9.38. The molecule has 0 saturated carbocycles. The van der Waals surface area contributed by atoms with Gasteiger partial charge in [-0.05, 0) is 79.3 Å². The molecule has 0 spiro atoms. The first-order valence-corrected chi connectivity index (χ1v) is 9.55. The summed E-state index contributed by atoms with van der Waals surface area (Å²) in [5, 5.41) is 10.4. The van der Waals surface area contributed by atoms with Crippen LogP contribution >= 0.6 is 0 Å². The second-order valence-electron chi connectivity index (χ2n) is 7.00. The summed E-state index contributed by atoms with van der Waals surface area (Å²) in [6, 6.07) is 17.9. The lowest BCUT2D eigenvalue weighted by Gasteiger charge is -2.21. The van der Waals surface area contributed by atoms with E-state index < -0.39 is 6.10 Å². The fraction of sp³-hybridized carbons (Fsp3) is 0.292. The molecule has 0 aliphatic heterocycles. The molecule has 0 bridgehead atoms. The topological polar surface area (TPSA) is 51.6 Å². The number of methoxy groups -OCH3 is 1. The minimum absolute atomic E-state index is 0.291. The maximum Gasteiger partial charge on any atom is 0.122 e.